The van der Waals surface area contributed by atoms with Gasteiger partial charge in [0.25, 0.3) is 16.1 Å². The van der Waals surface area contributed by atoms with Gasteiger partial charge in [-0.2, -0.15) is 17.0 Å². The Morgan fingerprint density at radius 2 is 1.82 bits per heavy atom. The van der Waals surface area contributed by atoms with Crippen molar-refractivity contribution in [1.82, 2.24) is 23.5 Å². The van der Waals surface area contributed by atoms with Gasteiger partial charge in [-0.1, -0.05) is 0 Å². The van der Waals surface area contributed by atoms with Gasteiger partial charge >= 0.3 is 0 Å². The van der Waals surface area contributed by atoms with Crippen LogP contribution < -0.4 is 0 Å². The molecule has 0 bridgehead atoms. The summed E-state index contributed by atoms with van der Waals surface area (Å²) >= 11 is 0. The molecule has 28 heavy (non-hydrogen) atoms. The minimum Gasteiger partial charge on any atom is -0.378 e. The lowest BCUT2D eigenvalue weighted by molar-refractivity contribution is 0.0300. The number of amides is 1. The monoisotopic (exact) mass is 409 g/mol. The zero-order valence-electron chi connectivity index (χ0n) is 16.2. The van der Waals surface area contributed by atoms with Gasteiger partial charge in [0.1, 0.15) is 5.82 Å². The average molecular weight is 410 g/mol. The molecule has 4 rings (SSSR count). The maximum absolute atomic E-state index is 13.2. The maximum atomic E-state index is 13.2. The molecule has 1 amide bonds. The van der Waals surface area contributed by atoms with Gasteiger partial charge in [0.05, 0.1) is 30.5 Å². The molecule has 10 heteroatoms. The largest absolute Gasteiger partial charge is 0.378 e. The van der Waals surface area contributed by atoms with Gasteiger partial charge in [0.15, 0.2) is 0 Å². The predicted octanol–water partition coefficient (Wildman–Crippen LogP) is 0.735. The molecule has 0 aliphatic carbocycles. The van der Waals surface area contributed by atoms with Crippen LogP contribution in [0.3, 0.4) is 0 Å². The Bertz CT molecular complexity index is 834. The van der Waals surface area contributed by atoms with E-state index in [1.54, 1.807) is 22.3 Å². The van der Waals surface area contributed by atoms with Crippen LogP contribution in [0.2, 0.25) is 0 Å². The van der Waals surface area contributed by atoms with E-state index in [1.807, 2.05) is 0 Å². The lowest BCUT2D eigenvalue weighted by Gasteiger charge is -2.31. The topological polar surface area (TPSA) is 95.9 Å². The molecule has 0 spiro atoms. The molecule has 9 nitrogen and oxygen atoms in total. The van der Waals surface area contributed by atoms with Crippen LogP contribution in [0.5, 0.6) is 0 Å². The quantitative estimate of drug-likeness (QED) is 0.728. The van der Waals surface area contributed by atoms with Crippen molar-refractivity contribution in [3.63, 3.8) is 0 Å². The first-order chi connectivity index (χ1) is 13.5. The van der Waals surface area contributed by atoms with Gasteiger partial charge in [0.2, 0.25) is 0 Å². The van der Waals surface area contributed by atoms with E-state index in [4.69, 9.17) is 4.74 Å². The van der Waals surface area contributed by atoms with Crippen LogP contribution in [0.25, 0.3) is 0 Å². The molecule has 4 heterocycles. The average Bonchev–Trinajstić information content (AvgIpc) is 3.40. The lowest BCUT2D eigenvalue weighted by Crippen LogP contribution is -2.44. The molecule has 3 saturated heterocycles. The van der Waals surface area contributed by atoms with Crippen LogP contribution in [0.15, 0.2) is 6.20 Å². The van der Waals surface area contributed by atoms with Crippen molar-refractivity contribution in [3.8, 4) is 0 Å². The minimum atomic E-state index is -3.55. The molecule has 0 saturated carbocycles. The van der Waals surface area contributed by atoms with Crippen LogP contribution in [-0.2, 0) is 14.9 Å². The highest BCUT2D eigenvalue weighted by molar-refractivity contribution is 7.86. The summed E-state index contributed by atoms with van der Waals surface area (Å²) in [5, 5.41) is 0. The third-order valence-electron chi connectivity index (χ3n) is 5.67. The van der Waals surface area contributed by atoms with Crippen molar-refractivity contribution in [2.45, 2.75) is 38.6 Å². The van der Waals surface area contributed by atoms with Gasteiger partial charge < -0.3 is 9.64 Å². The molecule has 1 aromatic rings. The van der Waals surface area contributed by atoms with Gasteiger partial charge in [-0.05, 0) is 32.6 Å². The second-order valence-corrected chi connectivity index (χ2v) is 9.38. The number of carbonyl (C=O) groups is 1. The van der Waals surface area contributed by atoms with E-state index < -0.39 is 16.3 Å². The number of hydrogen-bond acceptors (Lipinski definition) is 6. The van der Waals surface area contributed by atoms with Gasteiger partial charge in [-0.3, -0.25) is 4.79 Å². The summed E-state index contributed by atoms with van der Waals surface area (Å²) in [6.07, 6.45) is 4.75. The number of nitrogens with zero attached hydrogens (tertiary/aromatic N) is 5. The van der Waals surface area contributed by atoms with Crippen LogP contribution in [0.1, 0.15) is 53.6 Å². The van der Waals surface area contributed by atoms with Crippen molar-refractivity contribution < 1.29 is 17.9 Å². The zero-order valence-corrected chi connectivity index (χ0v) is 17.0. The Hall–Kier alpha value is -1.62. The van der Waals surface area contributed by atoms with Crippen LogP contribution in [0, 0.1) is 6.92 Å². The van der Waals surface area contributed by atoms with E-state index in [9.17, 15) is 13.2 Å². The third-order valence-corrected chi connectivity index (χ3v) is 7.72. The normalized spacial score (nSPS) is 24.8. The number of hydrogen-bond donors (Lipinski definition) is 0. The number of aromatic nitrogens is 2. The molecule has 0 radical (unpaired) electrons. The standard InChI is InChI=1S/C18H27N5O4S/c1-14-19-13-15(18(24)21-9-11-27-12-10-21)17(20-14)16-5-4-8-23(16)28(25,26)22-6-2-3-7-22/h13,16H,2-12H2,1H3/t16-/m0/s1. The predicted molar refractivity (Wildman–Crippen MR) is 102 cm³/mol. The maximum Gasteiger partial charge on any atom is 0.282 e. The summed E-state index contributed by atoms with van der Waals surface area (Å²) in [6, 6.07) is -0.424. The highest BCUT2D eigenvalue weighted by atomic mass is 32.2. The van der Waals surface area contributed by atoms with E-state index in [-0.39, 0.29) is 5.91 Å². The highest BCUT2D eigenvalue weighted by Gasteiger charge is 2.42. The Morgan fingerprint density at radius 1 is 1.11 bits per heavy atom. The van der Waals surface area contributed by atoms with Crippen molar-refractivity contribution in [2.24, 2.45) is 0 Å². The van der Waals surface area contributed by atoms with Crippen molar-refractivity contribution in [1.29, 1.82) is 0 Å². The Kier molecular flexibility index (Phi) is 5.64. The molecule has 1 atom stereocenters. The number of ether oxygens (including phenoxy) is 1. The highest BCUT2D eigenvalue weighted by Crippen LogP contribution is 2.37. The number of morpholine rings is 1. The van der Waals surface area contributed by atoms with Crippen LogP contribution in [-0.4, -0.2) is 83.7 Å². The van der Waals surface area contributed by atoms with E-state index in [0.29, 0.717) is 69.4 Å². The summed E-state index contributed by atoms with van der Waals surface area (Å²) < 4.78 is 34.8. The molecule has 3 aliphatic heterocycles. The fourth-order valence-electron chi connectivity index (χ4n) is 4.20. The first-order valence-electron chi connectivity index (χ1n) is 9.96. The molecular weight excluding hydrogens is 382 g/mol. The van der Waals surface area contributed by atoms with Gasteiger partial charge in [-0.25, -0.2) is 9.97 Å². The summed E-state index contributed by atoms with van der Waals surface area (Å²) in [5.74, 6) is 0.391. The third kappa shape index (κ3) is 3.66. The van der Waals surface area contributed by atoms with Crippen LogP contribution in [0.4, 0.5) is 0 Å². The fourth-order valence-corrected chi connectivity index (χ4v) is 6.10. The Morgan fingerprint density at radius 3 is 2.54 bits per heavy atom. The summed E-state index contributed by atoms with van der Waals surface area (Å²) in [7, 11) is -3.55. The Balaban J connectivity index is 1.67. The molecule has 1 aromatic heterocycles. The van der Waals surface area contributed by atoms with E-state index in [2.05, 4.69) is 9.97 Å². The molecular formula is C18H27N5O4S. The Labute approximate surface area is 165 Å². The fraction of sp³-hybridized carbons (Fsp3) is 0.722. The van der Waals surface area contributed by atoms with E-state index >= 15 is 0 Å². The van der Waals surface area contributed by atoms with E-state index in [0.717, 1.165) is 19.3 Å². The minimum absolute atomic E-state index is 0.149. The number of rotatable bonds is 4. The first-order valence-corrected chi connectivity index (χ1v) is 11.4. The first kappa shape index (κ1) is 19.7. The van der Waals surface area contributed by atoms with Crippen LogP contribution >= 0.6 is 0 Å². The number of aryl methyl sites for hydroxylation is 1. The number of carbonyl (C=O) groups excluding carboxylic acids is 1. The molecule has 3 aliphatic rings. The van der Waals surface area contributed by atoms with Crippen molar-refractivity contribution >= 4 is 16.1 Å². The van der Waals surface area contributed by atoms with Gasteiger partial charge in [-0.15, -0.1) is 0 Å². The van der Waals surface area contributed by atoms with Crippen molar-refractivity contribution in [3.05, 3.63) is 23.3 Å². The molecule has 0 N–H and O–H groups in total. The molecule has 154 valence electrons. The SMILES string of the molecule is Cc1ncc(C(=O)N2CCOCC2)c([C@@H]2CCCN2S(=O)(=O)N2CCCC2)n1. The summed E-state index contributed by atoms with van der Waals surface area (Å²) in [4.78, 5) is 23.6. The van der Waals surface area contributed by atoms with E-state index in [1.165, 1.54) is 4.31 Å². The van der Waals surface area contributed by atoms with Gasteiger partial charge in [0, 0.05) is 38.9 Å². The lowest BCUT2D eigenvalue weighted by atomic mass is 10.1. The molecule has 0 unspecified atom stereocenters. The molecule has 3 fully saturated rings. The summed E-state index contributed by atoms with van der Waals surface area (Å²) in [5.41, 5.74) is 0.935. The zero-order chi connectivity index (χ0) is 19.7. The second-order valence-electron chi connectivity index (χ2n) is 7.50. The summed E-state index contributed by atoms with van der Waals surface area (Å²) in [6.45, 7) is 5.40. The smallest absolute Gasteiger partial charge is 0.282 e. The van der Waals surface area contributed by atoms with Crippen molar-refractivity contribution in [2.75, 3.05) is 45.9 Å². The molecule has 0 aromatic carbocycles. The second kappa shape index (κ2) is 8.02.